The Labute approximate surface area is 142 Å². The maximum Gasteiger partial charge on any atom is 0.242 e. The Morgan fingerprint density at radius 2 is 1.92 bits per heavy atom. The second-order valence-electron chi connectivity index (χ2n) is 5.29. The predicted molar refractivity (Wildman–Crippen MR) is 89.8 cm³/mol. The van der Waals surface area contributed by atoms with Gasteiger partial charge in [-0.3, -0.25) is 9.78 Å². The van der Waals surface area contributed by atoms with Crippen molar-refractivity contribution in [3.05, 3.63) is 59.2 Å². The van der Waals surface area contributed by atoms with Gasteiger partial charge in [0.15, 0.2) is 5.82 Å². The molecule has 4 rings (SSSR count). The number of carbonyl (C=O) groups is 1. The minimum Gasteiger partial charge on any atom is -0.492 e. The van der Waals surface area contributed by atoms with Gasteiger partial charge in [-0.15, -0.1) is 5.10 Å². The molecule has 3 heterocycles. The summed E-state index contributed by atoms with van der Waals surface area (Å²) in [5, 5.41) is 14.8. The molecule has 0 amide bonds. The highest BCUT2D eigenvalue weighted by Crippen LogP contribution is 2.38. The van der Waals surface area contributed by atoms with Crippen LogP contribution in [0.15, 0.2) is 53.7 Å². The molecular formula is C17H11ClN4O2. The number of Topliss-reactive ketones (excluding diaryl/α,β-unsaturated/α-hetero) is 1. The van der Waals surface area contributed by atoms with Crippen molar-refractivity contribution >= 4 is 28.9 Å². The fourth-order valence-electron chi connectivity index (χ4n) is 2.62. The highest BCUT2D eigenvalue weighted by atomic mass is 35.5. The summed E-state index contributed by atoms with van der Waals surface area (Å²) in [6, 6.07) is 12.2. The molecule has 0 aliphatic carbocycles. The number of hydrogen-bond donors (Lipinski definition) is 1. The van der Waals surface area contributed by atoms with E-state index in [0.29, 0.717) is 33.4 Å². The summed E-state index contributed by atoms with van der Waals surface area (Å²) in [7, 11) is 0. The lowest BCUT2D eigenvalue weighted by atomic mass is 10.0. The van der Waals surface area contributed by atoms with Gasteiger partial charge in [0, 0.05) is 16.8 Å². The molecule has 0 saturated heterocycles. The Morgan fingerprint density at radius 1 is 1.12 bits per heavy atom. The van der Waals surface area contributed by atoms with E-state index in [-0.39, 0.29) is 18.2 Å². The fraction of sp³-hybridized carbons (Fsp3) is 0.0588. The van der Waals surface area contributed by atoms with Gasteiger partial charge in [0.25, 0.3) is 0 Å². The number of carbonyl (C=O) groups excluding carboxylic acids is 1. The largest absolute Gasteiger partial charge is 0.492 e. The Balaban J connectivity index is 1.89. The van der Waals surface area contributed by atoms with E-state index in [0.717, 1.165) is 0 Å². The van der Waals surface area contributed by atoms with Gasteiger partial charge >= 0.3 is 0 Å². The Morgan fingerprint density at radius 3 is 2.62 bits per heavy atom. The average Bonchev–Trinajstić information content (AvgIpc) is 2.90. The van der Waals surface area contributed by atoms with Crippen LogP contribution in [-0.4, -0.2) is 31.4 Å². The summed E-state index contributed by atoms with van der Waals surface area (Å²) in [6.07, 6.45) is 1.62. The first kappa shape index (κ1) is 14.6. The molecule has 0 radical (unpaired) electrons. The predicted octanol–water partition coefficient (Wildman–Crippen LogP) is 3.01. The van der Waals surface area contributed by atoms with Crippen LogP contribution in [0.5, 0.6) is 5.88 Å². The smallest absolute Gasteiger partial charge is 0.242 e. The molecule has 2 aromatic heterocycles. The number of benzene rings is 1. The van der Waals surface area contributed by atoms with Crippen LogP contribution in [-0.2, 0) is 11.3 Å². The summed E-state index contributed by atoms with van der Waals surface area (Å²) >= 11 is 5.90. The third-order valence-corrected chi connectivity index (χ3v) is 3.97. The van der Waals surface area contributed by atoms with Crippen LogP contribution in [0.4, 0.5) is 5.82 Å². The number of ketones is 1. The summed E-state index contributed by atoms with van der Waals surface area (Å²) in [4.78, 5) is 21.1. The lowest BCUT2D eigenvalue weighted by molar-refractivity contribution is -0.113. The van der Waals surface area contributed by atoms with Crippen LogP contribution in [0.2, 0.25) is 5.02 Å². The number of halogens is 1. The van der Waals surface area contributed by atoms with E-state index in [1.807, 2.05) is 6.07 Å². The molecule has 118 valence electrons. The van der Waals surface area contributed by atoms with E-state index in [4.69, 9.17) is 11.6 Å². The van der Waals surface area contributed by atoms with Crippen LogP contribution in [0.25, 0.3) is 11.3 Å². The average molecular weight is 339 g/mol. The number of fused-ring (bicyclic) bond motifs is 1. The fourth-order valence-corrected chi connectivity index (χ4v) is 2.74. The van der Waals surface area contributed by atoms with Crippen LogP contribution in [0.3, 0.4) is 0 Å². The van der Waals surface area contributed by atoms with E-state index in [1.165, 1.54) is 4.68 Å². The first-order valence-electron chi connectivity index (χ1n) is 7.22. The summed E-state index contributed by atoms with van der Waals surface area (Å²) < 4.78 is 1.39. The molecule has 0 unspecified atom stereocenters. The Hall–Kier alpha value is -2.99. The van der Waals surface area contributed by atoms with Crippen molar-refractivity contribution in [3.8, 4) is 17.1 Å². The van der Waals surface area contributed by atoms with E-state index in [2.05, 4.69) is 15.1 Å². The minimum atomic E-state index is -0.197. The quantitative estimate of drug-likeness (QED) is 0.778. The van der Waals surface area contributed by atoms with Crippen molar-refractivity contribution in [1.82, 2.24) is 14.8 Å². The molecule has 6 nitrogen and oxygen atoms in total. The molecule has 0 fully saturated rings. The number of rotatable bonds is 2. The van der Waals surface area contributed by atoms with Crippen molar-refractivity contribution in [2.45, 2.75) is 6.54 Å². The number of aromatic hydroxyl groups is 1. The number of hydrogen-bond acceptors (Lipinski definition) is 5. The minimum absolute atomic E-state index is 0.0111. The highest BCUT2D eigenvalue weighted by Gasteiger charge is 2.28. The number of nitrogens with zero attached hydrogens (tertiary/aromatic N) is 4. The van der Waals surface area contributed by atoms with Gasteiger partial charge in [0.05, 0.1) is 5.69 Å². The molecular weight excluding hydrogens is 328 g/mol. The Kier molecular flexibility index (Phi) is 3.39. The van der Waals surface area contributed by atoms with Crippen molar-refractivity contribution in [2.75, 3.05) is 0 Å². The summed E-state index contributed by atoms with van der Waals surface area (Å²) in [6.45, 7) is 0.0111. The van der Waals surface area contributed by atoms with Crippen LogP contribution in [0.1, 0.15) is 5.56 Å². The molecule has 0 atom stereocenters. The standard InChI is InChI=1S/C17H11ClN4O2/c18-11-6-4-10(5-7-11)15-13(23)9-22-16(20-15)14(17(24)21-22)12-3-1-2-8-19-12/h1-8H,9H2,(H,21,24). The molecule has 0 spiro atoms. The van der Waals surface area contributed by atoms with Crippen molar-refractivity contribution < 1.29 is 9.90 Å². The molecule has 24 heavy (non-hydrogen) atoms. The van der Waals surface area contributed by atoms with E-state index in [1.54, 1.807) is 42.6 Å². The van der Waals surface area contributed by atoms with Crippen molar-refractivity contribution in [1.29, 1.82) is 0 Å². The zero-order valence-corrected chi connectivity index (χ0v) is 13.1. The first-order chi connectivity index (χ1) is 11.6. The monoisotopic (exact) mass is 338 g/mol. The zero-order chi connectivity index (χ0) is 16.7. The number of aromatic nitrogens is 3. The number of pyridine rings is 1. The van der Waals surface area contributed by atoms with Gasteiger partial charge in [-0.2, -0.15) is 0 Å². The van der Waals surface area contributed by atoms with Gasteiger partial charge in [0.1, 0.15) is 17.8 Å². The lowest BCUT2D eigenvalue weighted by Gasteiger charge is -2.14. The Bertz CT molecular complexity index is 962. The second-order valence-corrected chi connectivity index (χ2v) is 5.72. The second kappa shape index (κ2) is 5.58. The van der Waals surface area contributed by atoms with Gasteiger partial charge in [-0.1, -0.05) is 29.8 Å². The highest BCUT2D eigenvalue weighted by molar-refractivity contribution is 6.47. The number of aliphatic imine (C=N–C) groups is 1. The van der Waals surface area contributed by atoms with Gasteiger partial charge in [-0.05, 0) is 24.3 Å². The SMILES string of the molecule is O=C1Cn2nc(O)c(-c3ccccn3)c2N=C1c1ccc(Cl)cc1. The molecule has 0 bridgehead atoms. The van der Waals surface area contributed by atoms with E-state index < -0.39 is 0 Å². The maximum atomic E-state index is 12.4. The van der Waals surface area contributed by atoms with Crippen molar-refractivity contribution in [2.24, 2.45) is 4.99 Å². The molecule has 1 N–H and O–H groups in total. The van der Waals surface area contributed by atoms with Crippen LogP contribution >= 0.6 is 11.6 Å². The molecule has 0 saturated carbocycles. The molecule has 1 aliphatic rings. The lowest BCUT2D eigenvalue weighted by Crippen LogP contribution is -2.25. The van der Waals surface area contributed by atoms with Crippen LogP contribution in [0, 0.1) is 0 Å². The van der Waals surface area contributed by atoms with Crippen LogP contribution < -0.4 is 0 Å². The third kappa shape index (κ3) is 2.37. The molecule has 3 aromatic rings. The molecule has 1 aromatic carbocycles. The summed E-state index contributed by atoms with van der Waals surface area (Å²) in [5.41, 5.74) is 1.94. The van der Waals surface area contributed by atoms with Gasteiger partial charge < -0.3 is 5.11 Å². The summed E-state index contributed by atoms with van der Waals surface area (Å²) in [5.74, 6) is 0.0354. The zero-order valence-electron chi connectivity index (χ0n) is 12.3. The normalized spacial score (nSPS) is 13.5. The molecule has 1 aliphatic heterocycles. The first-order valence-corrected chi connectivity index (χ1v) is 7.60. The van der Waals surface area contributed by atoms with E-state index in [9.17, 15) is 9.90 Å². The maximum absolute atomic E-state index is 12.4. The van der Waals surface area contributed by atoms with Gasteiger partial charge in [-0.25, -0.2) is 9.67 Å². The van der Waals surface area contributed by atoms with E-state index >= 15 is 0 Å². The van der Waals surface area contributed by atoms with Gasteiger partial charge in [0.2, 0.25) is 11.7 Å². The molecule has 7 heteroatoms. The topological polar surface area (TPSA) is 80.4 Å². The van der Waals surface area contributed by atoms with Crippen molar-refractivity contribution in [3.63, 3.8) is 0 Å². The third-order valence-electron chi connectivity index (χ3n) is 3.72.